The van der Waals surface area contributed by atoms with Crippen LogP contribution in [0.4, 0.5) is 0 Å². The zero-order chi connectivity index (χ0) is 15.0. The van der Waals surface area contributed by atoms with E-state index < -0.39 is 8.07 Å². The molecule has 0 N–H and O–H groups in total. The molecule has 20 heavy (non-hydrogen) atoms. The fourth-order valence-corrected chi connectivity index (χ4v) is 10.3. The predicted molar refractivity (Wildman–Crippen MR) is 96.9 cm³/mol. The summed E-state index contributed by atoms with van der Waals surface area (Å²) in [4.78, 5) is 0. The van der Waals surface area contributed by atoms with Crippen molar-refractivity contribution in [3.63, 3.8) is 0 Å². The lowest BCUT2D eigenvalue weighted by Gasteiger charge is -2.51. The average molecular weight is 305 g/mol. The van der Waals surface area contributed by atoms with Gasteiger partial charge in [0.25, 0.3) is 0 Å². The second-order valence-electron chi connectivity index (χ2n) is 7.42. The van der Waals surface area contributed by atoms with Crippen molar-refractivity contribution in [1.29, 1.82) is 0 Å². The second kappa shape index (κ2) is 5.38. The van der Waals surface area contributed by atoms with Crippen molar-refractivity contribution < 1.29 is 0 Å². The fourth-order valence-electron chi connectivity index (χ4n) is 3.69. The van der Waals surface area contributed by atoms with Crippen molar-refractivity contribution in [1.82, 2.24) is 0 Å². The first-order chi connectivity index (χ1) is 9.25. The van der Waals surface area contributed by atoms with Gasteiger partial charge < -0.3 is 0 Å². The zero-order valence-electron chi connectivity index (χ0n) is 13.8. The van der Waals surface area contributed by atoms with E-state index in [0.717, 1.165) is 6.42 Å². The van der Waals surface area contributed by atoms with Crippen LogP contribution in [0.5, 0.6) is 0 Å². The Hall–Kier alpha value is -0.473. The van der Waals surface area contributed by atoms with E-state index in [1.54, 1.807) is 10.8 Å². The summed E-state index contributed by atoms with van der Waals surface area (Å²) in [6.07, 6.45) is 18.8. The Kier molecular flexibility index (Phi) is 4.28. The van der Waals surface area contributed by atoms with Gasteiger partial charge in [0, 0.05) is 4.37 Å². The summed E-state index contributed by atoms with van der Waals surface area (Å²) in [5.41, 5.74) is 1.87. The van der Waals surface area contributed by atoms with Crippen LogP contribution in [0.2, 0.25) is 13.1 Å². The van der Waals surface area contributed by atoms with Crippen molar-refractivity contribution in [2.24, 2.45) is 5.41 Å². The van der Waals surface area contributed by atoms with Crippen molar-refractivity contribution in [3.8, 4) is 0 Å². The highest BCUT2D eigenvalue weighted by Gasteiger charge is 2.52. The van der Waals surface area contributed by atoms with Crippen molar-refractivity contribution >= 4 is 19.8 Å². The summed E-state index contributed by atoms with van der Waals surface area (Å²) in [5, 5.41) is 1.64. The lowest BCUT2D eigenvalue weighted by atomic mass is 9.81. The molecule has 0 aromatic rings. The van der Waals surface area contributed by atoms with E-state index >= 15 is 0 Å². The second-order valence-corrected chi connectivity index (χ2v) is 13.6. The van der Waals surface area contributed by atoms with Crippen molar-refractivity contribution in [2.75, 3.05) is 6.26 Å². The van der Waals surface area contributed by atoms with E-state index in [9.17, 15) is 0 Å². The molecule has 0 nitrogen and oxygen atoms in total. The minimum atomic E-state index is -1.57. The van der Waals surface area contributed by atoms with E-state index in [1.807, 2.05) is 0 Å². The molecular formula is C18H28SSi. The van der Waals surface area contributed by atoms with Crippen LogP contribution in [0.15, 0.2) is 47.2 Å². The van der Waals surface area contributed by atoms with Crippen molar-refractivity contribution in [3.05, 3.63) is 47.2 Å². The summed E-state index contributed by atoms with van der Waals surface area (Å²) >= 11 is 2.09. The highest BCUT2D eigenvalue weighted by molar-refractivity contribution is 8.02. The van der Waals surface area contributed by atoms with Gasteiger partial charge in [0.2, 0.25) is 0 Å². The molecule has 0 bridgehead atoms. The Morgan fingerprint density at radius 3 is 2.40 bits per heavy atom. The number of hydrogen-bond donors (Lipinski definition) is 0. The Labute approximate surface area is 130 Å². The van der Waals surface area contributed by atoms with Gasteiger partial charge >= 0.3 is 0 Å². The highest BCUT2D eigenvalue weighted by Crippen LogP contribution is 2.53. The fraction of sp³-hybridized carbons (Fsp3) is 0.556. The maximum absolute atomic E-state index is 2.56. The molecule has 0 radical (unpaired) electrons. The van der Waals surface area contributed by atoms with Gasteiger partial charge in [-0.25, -0.2) is 0 Å². The SMILES string of the molecule is CSC1([Si](C)(C)C2=CCC=C2)CC=CC=C1C(C)(C)C. The van der Waals surface area contributed by atoms with Crippen LogP contribution in [0, 0.1) is 5.41 Å². The molecule has 2 aliphatic rings. The highest BCUT2D eigenvalue weighted by atomic mass is 32.2. The maximum Gasteiger partial charge on any atom is 0.103 e. The van der Waals surface area contributed by atoms with Crippen LogP contribution in [-0.2, 0) is 0 Å². The molecule has 0 amide bonds. The van der Waals surface area contributed by atoms with Gasteiger partial charge in [-0.2, -0.15) is 11.8 Å². The van der Waals surface area contributed by atoms with E-state index in [1.165, 1.54) is 6.42 Å². The molecular weight excluding hydrogens is 276 g/mol. The quantitative estimate of drug-likeness (QED) is 0.603. The van der Waals surface area contributed by atoms with Gasteiger partial charge in [0.1, 0.15) is 8.07 Å². The summed E-state index contributed by atoms with van der Waals surface area (Å²) in [7, 11) is -1.57. The molecule has 2 heteroatoms. The summed E-state index contributed by atoms with van der Waals surface area (Å²) in [5.74, 6) is 0. The standard InChI is InChI=1S/C18H28SSi/c1-17(2,3)16-13-9-10-14-18(16,19-4)20(5,6)15-11-7-8-12-15/h7,9-13H,8,14H2,1-6H3. The van der Waals surface area contributed by atoms with Crippen LogP contribution in [0.3, 0.4) is 0 Å². The topological polar surface area (TPSA) is 0 Å². The molecule has 110 valence electrons. The third-order valence-corrected chi connectivity index (χ3v) is 12.4. The molecule has 0 aromatic heterocycles. The normalized spacial score (nSPS) is 26.7. The molecule has 1 unspecified atom stereocenters. The number of hydrogen-bond acceptors (Lipinski definition) is 1. The van der Waals surface area contributed by atoms with E-state index in [-0.39, 0.29) is 5.41 Å². The Morgan fingerprint density at radius 2 is 1.90 bits per heavy atom. The summed E-state index contributed by atoms with van der Waals surface area (Å²) in [6, 6.07) is 0. The molecule has 0 aliphatic heterocycles. The Bertz CT molecular complexity index is 500. The molecule has 1 atom stereocenters. The number of thioether (sulfide) groups is 1. The van der Waals surface area contributed by atoms with Gasteiger partial charge in [-0.1, -0.05) is 81.1 Å². The first-order valence-electron chi connectivity index (χ1n) is 7.56. The van der Waals surface area contributed by atoms with Gasteiger partial charge in [-0.3, -0.25) is 0 Å². The van der Waals surface area contributed by atoms with Gasteiger partial charge in [-0.05, 0) is 24.5 Å². The van der Waals surface area contributed by atoms with Crippen LogP contribution in [-0.4, -0.2) is 18.7 Å². The summed E-state index contributed by atoms with van der Waals surface area (Å²) < 4.78 is 0.292. The largest absolute Gasteiger partial charge is 0.157 e. The molecule has 0 fully saturated rings. The Balaban J connectivity index is 2.56. The number of allylic oxidation sites excluding steroid dienone is 7. The van der Waals surface area contributed by atoms with Crippen LogP contribution < -0.4 is 0 Å². The lowest BCUT2D eigenvalue weighted by Crippen LogP contribution is -2.56. The average Bonchev–Trinajstić information content (AvgIpc) is 2.91. The third kappa shape index (κ3) is 2.41. The number of rotatable bonds is 3. The first-order valence-corrected chi connectivity index (χ1v) is 11.8. The molecule has 0 saturated carbocycles. The smallest absolute Gasteiger partial charge is 0.103 e. The minimum absolute atomic E-state index is 0.237. The summed E-state index contributed by atoms with van der Waals surface area (Å²) in [6.45, 7) is 12.2. The van der Waals surface area contributed by atoms with Gasteiger partial charge in [-0.15, -0.1) is 0 Å². The molecule has 0 aromatic carbocycles. The molecule has 0 heterocycles. The lowest BCUT2D eigenvalue weighted by molar-refractivity contribution is 0.471. The van der Waals surface area contributed by atoms with Crippen LogP contribution >= 0.6 is 11.8 Å². The Morgan fingerprint density at radius 1 is 1.20 bits per heavy atom. The molecule has 0 spiro atoms. The van der Waals surface area contributed by atoms with Gasteiger partial charge in [0.05, 0.1) is 0 Å². The van der Waals surface area contributed by atoms with Gasteiger partial charge in [0.15, 0.2) is 0 Å². The van der Waals surface area contributed by atoms with Crippen LogP contribution in [0.25, 0.3) is 0 Å². The van der Waals surface area contributed by atoms with Crippen molar-refractivity contribution in [2.45, 2.75) is 51.1 Å². The predicted octanol–water partition coefficient (Wildman–Crippen LogP) is 5.69. The van der Waals surface area contributed by atoms with Crippen LogP contribution in [0.1, 0.15) is 33.6 Å². The van der Waals surface area contributed by atoms with E-state index in [0.29, 0.717) is 4.37 Å². The molecule has 0 saturated heterocycles. The molecule has 2 rings (SSSR count). The third-order valence-electron chi connectivity index (χ3n) is 4.90. The van der Waals surface area contributed by atoms with E-state index in [4.69, 9.17) is 0 Å². The maximum atomic E-state index is 2.56. The minimum Gasteiger partial charge on any atom is -0.157 e. The van der Waals surface area contributed by atoms with E-state index in [2.05, 4.69) is 88.3 Å². The zero-order valence-corrected chi connectivity index (χ0v) is 15.6. The molecule has 2 aliphatic carbocycles. The monoisotopic (exact) mass is 304 g/mol. The first kappa shape index (κ1) is 15.9.